The SMILES string of the molecule is COC(=O)c1c(NC(C)=O)c2cc(F)ccc2n1C. The van der Waals surface area contributed by atoms with Crippen LogP contribution in [0.4, 0.5) is 10.1 Å². The number of halogens is 1. The lowest BCUT2D eigenvalue weighted by atomic mass is 10.2. The number of methoxy groups -OCH3 is 1. The Balaban J connectivity index is 2.80. The standard InChI is InChI=1S/C13H13FN2O3/c1-7(17)15-11-9-6-8(14)4-5-10(9)16(2)12(11)13(18)19-3/h4-6H,1-3H3,(H,15,17). The minimum atomic E-state index is -0.595. The summed E-state index contributed by atoms with van der Waals surface area (Å²) in [4.78, 5) is 23.1. The highest BCUT2D eigenvalue weighted by Gasteiger charge is 2.22. The molecule has 0 saturated heterocycles. The molecular weight excluding hydrogens is 251 g/mol. The number of rotatable bonds is 2. The number of aryl methyl sites for hydroxylation is 1. The van der Waals surface area contributed by atoms with E-state index in [2.05, 4.69) is 5.32 Å². The maximum Gasteiger partial charge on any atom is 0.356 e. The predicted molar refractivity (Wildman–Crippen MR) is 68.5 cm³/mol. The van der Waals surface area contributed by atoms with Gasteiger partial charge in [0.1, 0.15) is 5.82 Å². The zero-order valence-electron chi connectivity index (χ0n) is 10.8. The summed E-state index contributed by atoms with van der Waals surface area (Å²) in [6.45, 7) is 1.32. The Kier molecular flexibility index (Phi) is 3.25. The van der Waals surface area contributed by atoms with Gasteiger partial charge in [-0.3, -0.25) is 4.79 Å². The maximum atomic E-state index is 13.3. The van der Waals surface area contributed by atoms with Crippen LogP contribution in [0.15, 0.2) is 18.2 Å². The van der Waals surface area contributed by atoms with Crippen molar-refractivity contribution in [3.8, 4) is 0 Å². The maximum absolute atomic E-state index is 13.3. The van der Waals surface area contributed by atoms with E-state index in [1.807, 2.05) is 0 Å². The van der Waals surface area contributed by atoms with Crippen LogP contribution in [0.5, 0.6) is 0 Å². The summed E-state index contributed by atoms with van der Waals surface area (Å²) in [7, 11) is 2.90. The van der Waals surface area contributed by atoms with Crippen molar-refractivity contribution in [2.24, 2.45) is 7.05 Å². The molecule has 19 heavy (non-hydrogen) atoms. The summed E-state index contributed by atoms with van der Waals surface area (Å²) >= 11 is 0. The normalized spacial score (nSPS) is 10.5. The largest absolute Gasteiger partial charge is 0.464 e. The van der Waals surface area contributed by atoms with E-state index in [1.54, 1.807) is 17.7 Å². The van der Waals surface area contributed by atoms with Crippen molar-refractivity contribution < 1.29 is 18.7 Å². The number of fused-ring (bicyclic) bond motifs is 1. The molecule has 0 spiro atoms. The number of anilines is 1. The van der Waals surface area contributed by atoms with Crippen LogP contribution in [0.3, 0.4) is 0 Å². The van der Waals surface area contributed by atoms with E-state index >= 15 is 0 Å². The van der Waals surface area contributed by atoms with Crippen LogP contribution in [0.25, 0.3) is 10.9 Å². The van der Waals surface area contributed by atoms with Gasteiger partial charge in [-0.2, -0.15) is 0 Å². The number of benzene rings is 1. The van der Waals surface area contributed by atoms with Gasteiger partial charge in [0, 0.05) is 19.4 Å². The first-order valence-electron chi connectivity index (χ1n) is 5.59. The molecule has 1 aromatic carbocycles. The van der Waals surface area contributed by atoms with Crippen LogP contribution in [0.1, 0.15) is 17.4 Å². The van der Waals surface area contributed by atoms with Gasteiger partial charge in [0.25, 0.3) is 0 Å². The number of nitrogens with zero attached hydrogens (tertiary/aromatic N) is 1. The van der Waals surface area contributed by atoms with E-state index < -0.39 is 11.8 Å². The van der Waals surface area contributed by atoms with Gasteiger partial charge in [0.05, 0.1) is 18.3 Å². The lowest BCUT2D eigenvalue weighted by Crippen LogP contribution is -2.13. The second kappa shape index (κ2) is 4.72. The van der Waals surface area contributed by atoms with Crippen molar-refractivity contribution in [1.82, 2.24) is 4.57 Å². The van der Waals surface area contributed by atoms with E-state index in [0.717, 1.165) is 0 Å². The average Bonchev–Trinajstić information content (AvgIpc) is 2.61. The van der Waals surface area contributed by atoms with Crippen LogP contribution in [0, 0.1) is 5.82 Å². The van der Waals surface area contributed by atoms with Crippen molar-refractivity contribution in [2.45, 2.75) is 6.92 Å². The van der Waals surface area contributed by atoms with Crippen LogP contribution >= 0.6 is 0 Å². The first-order chi connectivity index (χ1) is 8.95. The molecule has 6 heteroatoms. The van der Waals surface area contributed by atoms with Crippen molar-refractivity contribution in [3.63, 3.8) is 0 Å². The molecular formula is C13H13FN2O3. The number of carbonyl (C=O) groups excluding carboxylic acids is 2. The van der Waals surface area contributed by atoms with Gasteiger partial charge in [0.2, 0.25) is 5.91 Å². The lowest BCUT2D eigenvalue weighted by Gasteiger charge is -2.05. The quantitative estimate of drug-likeness (QED) is 0.845. The molecule has 1 aromatic heterocycles. The molecule has 5 nitrogen and oxygen atoms in total. The number of nitrogens with one attached hydrogen (secondary N) is 1. The third-order valence-corrected chi connectivity index (χ3v) is 2.84. The highest BCUT2D eigenvalue weighted by molar-refractivity contribution is 6.11. The fourth-order valence-corrected chi connectivity index (χ4v) is 2.05. The molecule has 1 N–H and O–H groups in total. The zero-order valence-corrected chi connectivity index (χ0v) is 10.8. The summed E-state index contributed by atoms with van der Waals surface area (Å²) < 4.78 is 19.6. The van der Waals surface area contributed by atoms with E-state index in [4.69, 9.17) is 4.74 Å². The van der Waals surface area contributed by atoms with Crippen molar-refractivity contribution >= 4 is 28.5 Å². The highest BCUT2D eigenvalue weighted by atomic mass is 19.1. The van der Waals surface area contributed by atoms with Gasteiger partial charge >= 0.3 is 5.97 Å². The molecule has 0 fully saturated rings. The van der Waals surface area contributed by atoms with E-state index in [1.165, 1.54) is 26.2 Å². The van der Waals surface area contributed by atoms with Gasteiger partial charge in [-0.05, 0) is 18.2 Å². The zero-order chi connectivity index (χ0) is 14.2. The third-order valence-electron chi connectivity index (χ3n) is 2.84. The fourth-order valence-electron chi connectivity index (χ4n) is 2.05. The number of hydrogen-bond donors (Lipinski definition) is 1. The average molecular weight is 264 g/mol. The number of aromatic nitrogens is 1. The van der Waals surface area contributed by atoms with E-state index in [-0.39, 0.29) is 17.3 Å². The molecule has 1 heterocycles. The summed E-state index contributed by atoms with van der Waals surface area (Å²) in [5, 5.41) is 3.01. The van der Waals surface area contributed by atoms with Crippen LogP contribution in [-0.4, -0.2) is 23.6 Å². The van der Waals surface area contributed by atoms with Crippen LogP contribution in [0.2, 0.25) is 0 Å². The summed E-state index contributed by atoms with van der Waals surface area (Å²) in [5.41, 5.74) is 1.07. The lowest BCUT2D eigenvalue weighted by molar-refractivity contribution is -0.114. The topological polar surface area (TPSA) is 60.3 Å². The summed E-state index contributed by atoms with van der Waals surface area (Å²) in [5.74, 6) is -1.38. The number of amides is 1. The number of carbonyl (C=O) groups is 2. The first-order valence-corrected chi connectivity index (χ1v) is 5.59. The number of ether oxygens (including phenoxy) is 1. The Hall–Kier alpha value is -2.37. The van der Waals surface area contributed by atoms with Crippen LogP contribution in [-0.2, 0) is 16.6 Å². The molecule has 0 atom stereocenters. The molecule has 0 aliphatic heterocycles. The Labute approximate surface area is 109 Å². The molecule has 100 valence electrons. The fraction of sp³-hybridized carbons (Fsp3) is 0.231. The van der Waals surface area contributed by atoms with Crippen LogP contribution < -0.4 is 5.32 Å². The minimum Gasteiger partial charge on any atom is -0.464 e. The Morgan fingerprint density at radius 3 is 2.63 bits per heavy atom. The predicted octanol–water partition coefficient (Wildman–Crippen LogP) is 2.06. The molecule has 0 aliphatic carbocycles. The molecule has 2 rings (SSSR count). The van der Waals surface area contributed by atoms with E-state index in [0.29, 0.717) is 10.9 Å². The second-order valence-corrected chi connectivity index (χ2v) is 4.12. The van der Waals surface area contributed by atoms with Gasteiger partial charge in [-0.15, -0.1) is 0 Å². The Bertz CT molecular complexity index is 676. The van der Waals surface area contributed by atoms with Gasteiger partial charge < -0.3 is 14.6 Å². The highest BCUT2D eigenvalue weighted by Crippen LogP contribution is 2.31. The molecule has 0 aliphatic rings. The smallest absolute Gasteiger partial charge is 0.356 e. The molecule has 0 bridgehead atoms. The van der Waals surface area contributed by atoms with Gasteiger partial charge in [-0.1, -0.05) is 0 Å². The second-order valence-electron chi connectivity index (χ2n) is 4.12. The van der Waals surface area contributed by atoms with Gasteiger partial charge in [0.15, 0.2) is 5.69 Å². The number of hydrogen-bond acceptors (Lipinski definition) is 3. The minimum absolute atomic E-state index is 0.179. The molecule has 1 amide bonds. The molecule has 0 unspecified atom stereocenters. The van der Waals surface area contributed by atoms with Crippen molar-refractivity contribution in [2.75, 3.05) is 12.4 Å². The van der Waals surface area contributed by atoms with Crippen molar-refractivity contribution in [1.29, 1.82) is 0 Å². The monoisotopic (exact) mass is 264 g/mol. The number of esters is 1. The summed E-state index contributed by atoms with van der Waals surface area (Å²) in [6, 6.07) is 4.11. The molecule has 0 saturated carbocycles. The molecule has 2 aromatic rings. The third kappa shape index (κ3) is 2.16. The molecule has 0 radical (unpaired) electrons. The van der Waals surface area contributed by atoms with Gasteiger partial charge in [-0.25, -0.2) is 9.18 Å². The van der Waals surface area contributed by atoms with E-state index in [9.17, 15) is 14.0 Å². The Morgan fingerprint density at radius 1 is 1.37 bits per heavy atom. The first kappa shape index (κ1) is 13.1. The summed E-state index contributed by atoms with van der Waals surface area (Å²) in [6.07, 6.45) is 0. The van der Waals surface area contributed by atoms with Crippen molar-refractivity contribution in [3.05, 3.63) is 29.7 Å². The Morgan fingerprint density at radius 2 is 2.05 bits per heavy atom.